The van der Waals surface area contributed by atoms with Gasteiger partial charge in [-0.1, -0.05) is 0 Å². The van der Waals surface area contributed by atoms with Crippen LogP contribution in [0.15, 0.2) is 6.20 Å². The van der Waals surface area contributed by atoms with E-state index < -0.39 is 0 Å². The van der Waals surface area contributed by atoms with Gasteiger partial charge in [0.05, 0.1) is 11.9 Å². The van der Waals surface area contributed by atoms with Crippen LogP contribution in [0.5, 0.6) is 0 Å². The fourth-order valence-electron chi connectivity index (χ4n) is 0.896. The molecule has 0 saturated carbocycles. The summed E-state index contributed by atoms with van der Waals surface area (Å²) in [7, 11) is 1.92. The molecule has 1 heterocycles. The molecule has 1 rings (SSSR count). The summed E-state index contributed by atoms with van der Waals surface area (Å²) < 4.78 is 0. The number of aromatic nitrogens is 3. The Morgan fingerprint density at radius 3 is 2.92 bits per heavy atom. The fourth-order valence-corrected chi connectivity index (χ4v) is 0.896. The van der Waals surface area contributed by atoms with Crippen LogP contribution in [0.1, 0.15) is 18.4 Å². The summed E-state index contributed by atoms with van der Waals surface area (Å²) >= 11 is 0. The quantitative estimate of drug-likeness (QED) is 0.703. The minimum atomic E-state index is 0.397. The minimum Gasteiger partial charge on any atom is -0.317 e. The van der Waals surface area contributed by atoms with E-state index in [2.05, 4.69) is 27.4 Å². The largest absolute Gasteiger partial charge is 0.317 e. The van der Waals surface area contributed by atoms with Crippen LogP contribution in [-0.4, -0.2) is 28.3 Å². The van der Waals surface area contributed by atoms with E-state index >= 15 is 0 Å². The Balaban J connectivity index is 2.63. The first kappa shape index (κ1) is 9.06. The first-order chi connectivity index (χ1) is 5.72. The van der Waals surface area contributed by atoms with Crippen molar-refractivity contribution in [2.75, 3.05) is 7.05 Å². The summed E-state index contributed by atoms with van der Waals surface area (Å²) in [4.78, 5) is 4.25. The van der Waals surface area contributed by atoms with Gasteiger partial charge in [0.1, 0.15) is 0 Å². The Bertz CT molecular complexity index is 249. The normalized spacial score (nSPS) is 12.9. The van der Waals surface area contributed by atoms with Crippen molar-refractivity contribution in [1.29, 1.82) is 0 Å². The van der Waals surface area contributed by atoms with Gasteiger partial charge in [0, 0.05) is 12.5 Å². The van der Waals surface area contributed by atoms with Gasteiger partial charge in [-0.25, -0.2) is 4.98 Å². The third kappa shape index (κ3) is 2.54. The van der Waals surface area contributed by atoms with Crippen LogP contribution in [0.4, 0.5) is 0 Å². The standard InChI is InChI=1S/C8H14N4/c1-6(9-3)4-8-11-7(2)5-10-12-8/h5-6,9H,4H2,1-3H3. The van der Waals surface area contributed by atoms with Crippen LogP contribution in [0.2, 0.25) is 0 Å². The van der Waals surface area contributed by atoms with Gasteiger partial charge in [0.15, 0.2) is 5.82 Å². The predicted octanol–water partition coefficient (Wildman–Crippen LogP) is 0.330. The van der Waals surface area contributed by atoms with Crippen LogP contribution in [0, 0.1) is 6.92 Å². The topological polar surface area (TPSA) is 50.7 Å². The molecule has 1 N–H and O–H groups in total. The summed E-state index contributed by atoms with van der Waals surface area (Å²) in [6.45, 7) is 4.01. The van der Waals surface area contributed by atoms with E-state index in [1.54, 1.807) is 6.20 Å². The van der Waals surface area contributed by atoms with Crippen LogP contribution in [-0.2, 0) is 6.42 Å². The van der Waals surface area contributed by atoms with Gasteiger partial charge >= 0.3 is 0 Å². The molecular weight excluding hydrogens is 152 g/mol. The highest BCUT2D eigenvalue weighted by Gasteiger charge is 2.03. The summed E-state index contributed by atoms with van der Waals surface area (Å²) in [6, 6.07) is 0.397. The van der Waals surface area contributed by atoms with Gasteiger partial charge in [-0.3, -0.25) is 0 Å². The number of rotatable bonds is 3. The zero-order valence-corrected chi connectivity index (χ0v) is 7.70. The zero-order chi connectivity index (χ0) is 8.97. The monoisotopic (exact) mass is 166 g/mol. The van der Waals surface area contributed by atoms with E-state index in [1.165, 1.54) is 0 Å². The van der Waals surface area contributed by atoms with Gasteiger partial charge in [-0.05, 0) is 20.9 Å². The molecule has 1 aromatic rings. The molecule has 4 heteroatoms. The van der Waals surface area contributed by atoms with Crippen LogP contribution >= 0.6 is 0 Å². The number of hydrogen-bond donors (Lipinski definition) is 1. The van der Waals surface area contributed by atoms with E-state index in [1.807, 2.05) is 14.0 Å². The molecule has 0 fully saturated rings. The third-order valence-corrected chi connectivity index (χ3v) is 1.70. The van der Waals surface area contributed by atoms with E-state index in [4.69, 9.17) is 0 Å². The van der Waals surface area contributed by atoms with Crippen molar-refractivity contribution in [2.45, 2.75) is 26.3 Å². The molecule has 0 amide bonds. The van der Waals surface area contributed by atoms with Crippen molar-refractivity contribution in [3.63, 3.8) is 0 Å². The number of nitrogens with one attached hydrogen (secondary N) is 1. The molecule has 0 spiro atoms. The van der Waals surface area contributed by atoms with Gasteiger partial charge in [-0.2, -0.15) is 5.10 Å². The zero-order valence-electron chi connectivity index (χ0n) is 7.70. The first-order valence-corrected chi connectivity index (χ1v) is 4.05. The smallest absolute Gasteiger partial charge is 0.152 e. The number of likely N-dealkylation sites (N-methyl/N-ethyl adjacent to an activating group) is 1. The summed E-state index contributed by atoms with van der Waals surface area (Å²) in [6.07, 6.45) is 2.48. The van der Waals surface area contributed by atoms with Crippen molar-refractivity contribution < 1.29 is 0 Å². The van der Waals surface area contributed by atoms with E-state index in [0.717, 1.165) is 17.9 Å². The van der Waals surface area contributed by atoms with Crippen LogP contribution in [0.25, 0.3) is 0 Å². The maximum Gasteiger partial charge on any atom is 0.152 e. The first-order valence-electron chi connectivity index (χ1n) is 4.05. The van der Waals surface area contributed by atoms with Crippen molar-refractivity contribution in [3.05, 3.63) is 17.7 Å². The fraction of sp³-hybridized carbons (Fsp3) is 0.625. The Morgan fingerprint density at radius 1 is 1.58 bits per heavy atom. The highest BCUT2D eigenvalue weighted by molar-refractivity contribution is 4.94. The highest BCUT2D eigenvalue weighted by atomic mass is 15.1. The SMILES string of the molecule is CNC(C)Cc1nncc(C)n1. The lowest BCUT2D eigenvalue weighted by atomic mass is 10.2. The lowest BCUT2D eigenvalue weighted by molar-refractivity contribution is 0.583. The summed E-state index contributed by atoms with van der Waals surface area (Å²) in [5.41, 5.74) is 0.920. The maximum atomic E-state index is 4.25. The summed E-state index contributed by atoms with van der Waals surface area (Å²) in [5.74, 6) is 0.803. The maximum absolute atomic E-state index is 4.25. The van der Waals surface area contributed by atoms with E-state index in [0.29, 0.717) is 6.04 Å². The molecule has 12 heavy (non-hydrogen) atoms. The molecule has 66 valence electrons. The Hall–Kier alpha value is -1.03. The molecule has 1 atom stereocenters. The number of nitrogens with zero attached hydrogens (tertiary/aromatic N) is 3. The molecule has 0 bridgehead atoms. The molecule has 0 radical (unpaired) electrons. The van der Waals surface area contributed by atoms with E-state index in [9.17, 15) is 0 Å². The average Bonchev–Trinajstić information content (AvgIpc) is 2.04. The van der Waals surface area contributed by atoms with Crippen molar-refractivity contribution >= 4 is 0 Å². The Labute approximate surface area is 72.4 Å². The molecular formula is C8H14N4. The summed E-state index contributed by atoms with van der Waals surface area (Å²) in [5, 5.41) is 10.9. The van der Waals surface area contributed by atoms with Gasteiger partial charge in [0.2, 0.25) is 0 Å². The molecule has 1 aromatic heterocycles. The lowest BCUT2D eigenvalue weighted by Gasteiger charge is -2.07. The number of aryl methyl sites for hydroxylation is 1. The predicted molar refractivity (Wildman–Crippen MR) is 46.8 cm³/mol. The van der Waals surface area contributed by atoms with Crippen LogP contribution < -0.4 is 5.32 Å². The molecule has 4 nitrogen and oxygen atoms in total. The third-order valence-electron chi connectivity index (χ3n) is 1.70. The van der Waals surface area contributed by atoms with Gasteiger partial charge < -0.3 is 5.32 Å². The number of hydrogen-bond acceptors (Lipinski definition) is 4. The molecule has 0 aliphatic rings. The van der Waals surface area contributed by atoms with Gasteiger partial charge in [0.25, 0.3) is 0 Å². The molecule has 0 aromatic carbocycles. The second-order valence-electron chi connectivity index (χ2n) is 2.91. The van der Waals surface area contributed by atoms with Crippen LogP contribution in [0.3, 0.4) is 0 Å². The molecule has 0 aliphatic carbocycles. The van der Waals surface area contributed by atoms with Crippen molar-refractivity contribution in [2.24, 2.45) is 0 Å². The van der Waals surface area contributed by atoms with Crippen molar-refractivity contribution in [1.82, 2.24) is 20.5 Å². The minimum absolute atomic E-state index is 0.397. The average molecular weight is 166 g/mol. The highest BCUT2D eigenvalue weighted by Crippen LogP contribution is 1.95. The van der Waals surface area contributed by atoms with E-state index in [-0.39, 0.29) is 0 Å². The molecule has 1 unspecified atom stereocenters. The molecule has 0 aliphatic heterocycles. The Morgan fingerprint density at radius 2 is 2.33 bits per heavy atom. The lowest BCUT2D eigenvalue weighted by Crippen LogP contribution is -2.24. The Kier molecular flexibility index (Phi) is 3.10. The second kappa shape index (κ2) is 4.11. The second-order valence-corrected chi connectivity index (χ2v) is 2.91. The van der Waals surface area contributed by atoms with Crippen molar-refractivity contribution in [3.8, 4) is 0 Å². The van der Waals surface area contributed by atoms with Gasteiger partial charge in [-0.15, -0.1) is 5.10 Å². The molecule has 0 saturated heterocycles.